The van der Waals surface area contributed by atoms with Crippen molar-refractivity contribution in [2.24, 2.45) is 5.41 Å². The fraction of sp³-hybridized carbons (Fsp3) is 1.00. The summed E-state index contributed by atoms with van der Waals surface area (Å²) < 4.78 is 0. The van der Waals surface area contributed by atoms with Gasteiger partial charge >= 0.3 is 0 Å². The van der Waals surface area contributed by atoms with Crippen LogP contribution in [0.4, 0.5) is 0 Å². The van der Waals surface area contributed by atoms with Crippen molar-refractivity contribution in [2.45, 2.75) is 72.4 Å². The molecule has 1 saturated heterocycles. The third-order valence-corrected chi connectivity index (χ3v) is 4.08. The SMILES string of the molecule is CCCNC(CCN1CCCC1C)C(C)(C)C. The van der Waals surface area contributed by atoms with Gasteiger partial charge in [0.25, 0.3) is 0 Å². The largest absolute Gasteiger partial charge is 0.313 e. The molecular weight excluding hydrogens is 208 g/mol. The van der Waals surface area contributed by atoms with Gasteiger partial charge in [0, 0.05) is 12.1 Å². The van der Waals surface area contributed by atoms with Gasteiger partial charge in [-0.3, -0.25) is 0 Å². The molecule has 2 heteroatoms. The highest BCUT2D eigenvalue weighted by Crippen LogP contribution is 2.24. The lowest BCUT2D eigenvalue weighted by molar-refractivity contribution is 0.201. The van der Waals surface area contributed by atoms with Gasteiger partial charge < -0.3 is 10.2 Å². The van der Waals surface area contributed by atoms with E-state index in [-0.39, 0.29) is 0 Å². The van der Waals surface area contributed by atoms with Crippen molar-refractivity contribution in [3.05, 3.63) is 0 Å². The number of nitrogens with zero attached hydrogens (tertiary/aromatic N) is 1. The van der Waals surface area contributed by atoms with E-state index < -0.39 is 0 Å². The summed E-state index contributed by atoms with van der Waals surface area (Å²) in [4.78, 5) is 2.66. The first-order chi connectivity index (χ1) is 7.95. The van der Waals surface area contributed by atoms with Crippen molar-refractivity contribution in [1.29, 1.82) is 0 Å². The number of hydrogen-bond acceptors (Lipinski definition) is 2. The van der Waals surface area contributed by atoms with Crippen molar-refractivity contribution in [3.8, 4) is 0 Å². The Morgan fingerprint density at radius 3 is 2.53 bits per heavy atom. The normalized spacial score (nSPS) is 24.2. The van der Waals surface area contributed by atoms with Crippen LogP contribution >= 0.6 is 0 Å². The second-order valence-electron chi connectivity index (χ2n) is 6.69. The van der Waals surface area contributed by atoms with Crippen molar-refractivity contribution in [3.63, 3.8) is 0 Å². The van der Waals surface area contributed by atoms with Gasteiger partial charge in [-0.1, -0.05) is 27.7 Å². The number of likely N-dealkylation sites (tertiary alicyclic amines) is 1. The quantitative estimate of drug-likeness (QED) is 0.766. The molecule has 0 bridgehead atoms. The van der Waals surface area contributed by atoms with Crippen LogP contribution in [0.1, 0.15) is 60.3 Å². The van der Waals surface area contributed by atoms with Crippen LogP contribution in [-0.4, -0.2) is 36.6 Å². The van der Waals surface area contributed by atoms with Crippen molar-refractivity contribution in [2.75, 3.05) is 19.6 Å². The van der Waals surface area contributed by atoms with Crippen LogP contribution in [0.25, 0.3) is 0 Å². The molecule has 1 fully saturated rings. The summed E-state index contributed by atoms with van der Waals surface area (Å²) in [5, 5.41) is 3.72. The Morgan fingerprint density at radius 1 is 1.35 bits per heavy atom. The van der Waals surface area contributed by atoms with Crippen LogP contribution in [0.3, 0.4) is 0 Å². The summed E-state index contributed by atoms with van der Waals surface area (Å²) in [5.41, 5.74) is 0.373. The van der Waals surface area contributed by atoms with Gasteiger partial charge in [0.2, 0.25) is 0 Å². The van der Waals surface area contributed by atoms with E-state index in [2.05, 4.69) is 44.8 Å². The average Bonchev–Trinajstić information content (AvgIpc) is 2.62. The first-order valence-corrected chi connectivity index (χ1v) is 7.42. The summed E-state index contributed by atoms with van der Waals surface area (Å²) in [5.74, 6) is 0. The minimum Gasteiger partial charge on any atom is -0.313 e. The Balaban J connectivity index is 2.37. The number of hydrogen-bond donors (Lipinski definition) is 1. The molecule has 0 aliphatic carbocycles. The zero-order chi connectivity index (χ0) is 12.9. The minimum atomic E-state index is 0.373. The van der Waals surface area contributed by atoms with E-state index in [1.54, 1.807) is 0 Å². The van der Waals surface area contributed by atoms with E-state index in [0.29, 0.717) is 11.5 Å². The Hall–Kier alpha value is -0.0800. The fourth-order valence-corrected chi connectivity index (χ4v) is 2.78. The maximum Gasteiger partial charge on any atom is 0.0128 e. The Bertz CT molecular complexity index is 207. The monoisotopic (exact) mass is 240 g/mol. The van der Waals surface area contributed by atoms with Crippen LogP contribution in [0.2, 0.25) is 0 Å². The van der Waals surface area contributed by atoms with Crippen molar-refractivity contribution in [1.82, 2.24) is 10.2 Å². The minimum absolute atomic E-state index is 0.373. The first kappa shape index (κ1) is 15.0. The Labute approximate surface area is 108 Å². The zero-order valence-electron chi connectivity index (χ0n) is 12.6. The van der Waals surface area contributed by atoms with Crippen LogP contribution in [0, 0.1) is 5.41 Å². The third kappa shape index (κ3) is 4.97. The first-order valence-electron chi connectivity index (χ1n) is 7.42. The second kappa shape index (κ2) is 6.75. The molecule has 0 spiro atoms. The summed E-state index contributed by atoms with van der Waals surface area (Å²) in [6.45, 7) is 15.4. The van der Waals surface area contributed by atoms with Crippen molar-refractivity contribution < 1.29 is 0 Å². The standard InChI is InChI=1S/C15H32N2/c1-6-10-16-14(15(3,4)5)9-12-17-11-7-8-13(17)2/h13-14,16H,6-12H2,1-5H3. The van der Waals surface area contributed by atoms with Gasteiger partial charge in [0.05, 0.1) is 0 Å². The third-order valence-electron chi connectivity index (χ3n) is 4.08. The molecule has 0 radical (unpaired) electrons. The van der Waals surface area contributed by atoms with Gasteiger partial charge in [-0.15, -0.1) is 0 Å². The predicted molar refractivity (Wildman–Crippen MR) is 76.4 cm³/mol. The topological polar surface area (TPSA) is 15.3 Å². The molecule has 0 amide bonds. The molecule has 2 nitrogen and oxygen atoms in total. The van der Waals surface area contributed by atoms with Crippen LogP contribution in [-0.2, 0) is 0 Å². The fourth-order valence-electron chi connectivity index (χ4n) is 2.78. The van der Waals surface area contributed by atoms with Gasteiger partial charge in [0.15, 0.2) is 0 Å². The van der Waals surface area contributed by atoms with E-state index in [4.69, 9.17) is 0 Å². The van der Waals surface area contributed by atoms with Crippen LogP contribution < -0.4 is 5.32 Å². The van der Waals surface area contributed by atoms with E-state index >= 15 is 0 Å². The number of nitrogens with one attached hydrogen (secondary N) is 1. The molecule has 1 aliphatic rings. The lowest BCUT2D eigenvalue weighted by Crippen LogP contribution is -2.43. The van der Waals surface area contributed by atoms with E-state index in [1.165, 1.54) is 38.8 Å². The van der Waals surface area contributed by atoms with Gasteiger partial charge in [-0.05, 0) is 57.7 Å². The molecule has 1 rings (SSSR count). The second-order valence-corrected chi connectivity index (χ2v) is 6.69. The molecule has 17 heavy (non-hydrogen) atoms. The molecule has 1 aliphatic heterocycles. The van der Waals surface area contributed by atoms with E-state index in [9.17, 15) is 0 Å². The number of rotatable bonds is 6. The molecule has 1 heterocycles. The average molecular weight is 240 g/mol. The maximum absolute atomic E-state index is 3.72. The lowest BCUT2D eigenvalue weighted by Gasteiger charge is -2.34. The van der Waals surface area contributed by atoms with E-state index in [1.807, 2.05) is 0 Å². The van der Waals surface area contributed by atoms with E-state index in [0.717, 1.165) is 12.6 Å². The molecule has 0 saturated carbocycles. The van der Waals surface area contributed by atoms with Gasteiger partial charge in [-0.2, -0.15) is 0 Å². The molecule has 0 aromatic rings. The molecule has 102 valence electrons. The molecule has 2 unspecified atom stereocenters. The molecule has 2 atom stereocenters. The van der Waals surface area contributed by atoms with Crippen LogP contribution in [0.15, 0.2) is 0 Å². The summed E-state index contributed by atoms with van der Waals surface area (Å²) in [6, 6.07) is 1.46. The highest BCUT2D eigenvalue weighted by Gasteiger charge is 2.26. The molecular formula is C15H32N2. The van der Waals surface area contributed by atoms with Crippen molar-refractivity contribution >= 4 is 0 Å². The maximum atomic E-state index is 3.72. The molecule has 0 aromatic carbocycles. The zero-order valence-corrected chi connectivity index (χ0v) is 12.6. The smallest absolute Gasteiger partial charge is 0.0128 e. The molecule has 0 aromatic heterocycles. The van der Waals surface area contributed by atoms with Gasteiger partial charge in [-0.25, -0.2) is 0 Å². The Kier molecular flexibility index (Phi) is 5.94. The predicted octanol–water partition coefficient (Wildman–Crippen LogP) is 3.28. The molecule has 1 N–H and O–H groups in total. The lowest BCUT2D eigenvalue weighted by atomic mass is 9.84. The summed E-state index contributed by atoms with van der Waals surface area (Å²) in [6.07, 6.45) is 5.30. The van der Waals surface area contributed by atoms with Crippen LogP contribution in [0.5, 0.6) is 0 Å². The van der Waals surface area contributed by atoms with Gasteiger partial charge in [0.1, 0.15) is 0 Å². The highest BCUT2D eigenvalue weighted by molar-refractivity contribution is 4.83. The summed E-state index contributed by atoms with van der Waals surface area (Å²) in [7, 11) is 0. The summed E-state index contributed by atoms with van der Waals surface area (Å²) >= 11 is 0. The Morgan fingerprint density at radius 2 is 2.06 bits per heavy atom. The highest BCUT2D eigenvalue weighted by atomic mass is 15.2.